The average molecular weight is 375 g/mol. The molecule has 0 aliphatic heterocycles. The minimum atomic E-state index is 1.02. The minimum absolute atomic E-state index is 1.02. The van der Waals surface area contributed by atoms with Crippen LogP contribution in [0.1, 0.15) is 33.4 Å². The van der Waals surface area contributed by atoms with E-state index in [0.717, 1.165) is 6.42 Å². The smallest absolute Gasteiger partial charge is 0.00130 e. The molecule has 5 rings (SSSR count). The first-order valence-corrected chi connectivity index (χ1v) is 10.4. The lowest BCUT2D eigenvalue weighted by atomic mass is 9.95. The van der Waals surface area contributed by atoms with Crippen LogP contribution in [0.25, 0.3) is 33.4 Å². The fourth-order valence-electron chi connectivity index (χ4n) is 4.62. The van der Waals surface area contributed by atoms with Crippen LogP contribution >= 0.6 is 0 Å². The van der Waals surface area contributed by atoms with E-state index >= 15 is 0 Å². The molecule has 1 aliphatic rings. The Hall–Kier alpha value is -3.12. The van der Waals surface area contributed by atoms with Crippen LogP contribution in [0, 0.1) is 27.7 Å². The predicted octanol–water partition coefficient (Wildman–Crippen LogP) is 7.83. The molecule has 29 heavy (non-hydrogen) atoms. The number of aryl methyl sites for hydroxylation is 4. The van der Waals surface area contributed by atoms with Gasteiger partial charge in [0.05, 0.1) is 0 Å². The Morgan fingerprint density at radius 3 is 1.72 bits per heavy atom. The van der Waals surface area contributed by atoms with Crippen LogP contribution < -0.4 is 0 Å². The summed E-state index contributed by atoms with van der Waals surface area (Å²) in [5, 5.41) is 0. The van der Waals surface area contributed by atoms with E-state index in [-0.39, 0.29) is 0 Å². The Kier molecular flexibility index (Phi) is 4.17. The summed E-state index contributed by atoms with van der Waals surface area (Å²) in [5.74, 6) is 0. The molecule has 142 valence electrons. The number of hydrogen-bond acceptors (Lipinski definition) is 0. The maximum absolute atomic E-state index is 2.39. The van der Waals surface area contributed by atoms with E-state index in [1.807, 2.05) is 0 Å². The number of hydrogen-bond donors (Lipinski definition) is 0. The van der Waals surface area contributed by atoms with Crippen molar-refractivity contribution in [1.29, 1.82) is 0 Å². The SMILES string of the molecule is Cc1ccc(-c2ccc3c(c2)Cc2cc(-c4ccc(C)c(C)c4)ccc2-3)c(C)c1. The van der Waals surface area contributed by atoms with Crippen LogP contribution in [0.15, 0.2) is 72.8 Å². The highest BCUT2D eigenvalue weighted by atomic mass is 14.2. The highest BCUT2D eigenvalue weighted by molar-refractivity contribution is 5.83. The Morgan fingerprint density at radius 2 is 1.03 bits per heavy atom. The highest BCUT2D eigenvalue weighted by Gasteiger charge is 2.20. The lowest BCUT2D eigenvalue weighted by Gasteiger charge is -2.10. The maximum Gasteiger partial charge on any atom is -0.00130 e. The minimum Gasteiger partial charge on any atom is -0.0587 e. The van der Waals surface area contributed by atoms with Crippen LogP contribution in [0.3, 0.4) is 0 Å². The third kappa shape index (κ3) is 3.09. The molecule has 0 amide bonds. The number of benzene rings is 4. The van der Waals surface area contributed by atoms with Crippen molar-refractivity contribution in [2.45, 2.75) is 34.1 Å². The molecule has 0 saturated carbocycles. The molecule has 0 atom stereocenters. The van der Waals surface area contributed by atoms with E-state index in [1.165, 1.54) is 66.8 Å². The Labute approximate surface area is 173 Å². The quantitative estimate of drug-likeness (QED) is 0.295. The van der Waals surface area contributed by atoms with Gasteiger partial charge >= 0.3 is 0 Å². The summed E-state index contributed by atoms with van der Waals surface area (Å²) < 4.78 is 0. The van der Waals surface area contributed by atoms with E-state index in [2.05, 4.69) is 100 Å². The zero-order valence-corrected chi connectivity index (χ0v) is 17.6. The first kappa shape index (κ1) is 17.9. The zero-order chi connectivity index (χ0) is 20.1. The molecule has 0 saturated heterocycles. The third-order valence-electron chi connectivity index (χ3n) is 6.41. The van der Waals surface area contributed by atoms with Gasteiger partial charge in [-0.3, -0.25) is 0 Å². The van der Waals surface area contributed by atoms with E-state index in [0.29, 0.717) is 0 Å². The Bertz CT molecular complexity index is 1260. The summed E-state index contributed by atoms with van der Waals surface area (Å²) in [6, 6.07) is 27.5. The summed E-state index contributed by atoms with van der Waals surface area (Å²) in [6.07, 6.45) is 1.02. The van der Waals surface area contributed by atoms with Crippen LogP contribution in [0.2, 0.25) is 0 Å². The van der Waals surface area contributed by atoms with Gasteiger partial charge in [0.25, 0.3) is 0 Å². The summed E-state index contributed by atoms with van der Waals surface area (Å²) in [7, 11) is 0. The molecular weight excluding hydrogens is 348 g/mol. The maximum atomic E-state index is 2.39. The van der Waals surface area contributed by atoms with E-state index in [9.17, 15) is 0 Å². The molecule has 1 aliphatic carbocycles. The van der Waals surface area contributed by atoms with Crippen molar-refractivity contribution >= 4 is 0 Å². The van der Waals surface area contributed by atoms with Crippen molar-refractivity contribution < 1.29 is 0 Å². The molecule has 0 fully saturated rings. The van der Waals surface area contributed by atoms with Gasteiger partial charge in [0, 0.05) is 0 Å². The lowest BCUT2D eigenvalue weighted by molar-refractivity contribution is 1.26. The van der Waals surface area contributed by atoms with Gasteiger partial charge in [-0.05, 0) is 95.3 Å². The molecule has 0 heterocycles. The van der Waals surface area contributed by atoms with Crippen molar-refractivity contribution in [1.82, 2.24) is 0 Å². The average Bonchev–Trinajstić information content (AvgIpc) is 3.07. The van der Waals surface area contributed by atoms with Gasteiger partial charge in [-0.25, -0.2) is 0 Å². The molecule has 0 radical (unpaired) electrons. The number of fused-ring (bicyclic) bond motifs is 3. The molecule has 4 aromatic carbocycles. The summed E-state index contributed by atoms with van der Waals surface area (Å²) in [6.45, 7) is 8.73. The normalized spacial score (nSPS) is 12.0. The lowest BCUT2D eigenvalue weighted by Crippen LogP contribution is -1.87. The molecule has 0 N–H and O–H groups in total. The van der Waals surface area contributed by atoms with E-state index in [1.54, 1.807) is 0 Å². The summed E-state index contributed by atoms with van der Waals surface area (Å²) in [4.78, 5) is 0. The highest BCUT2D eigenvalue weighted by Crippen LogP contribution is 2.41. The van der Waals surface area contributed by atoms with Crippen molar-refractivity contribution in [3.63, 3.8) is 0 Å². The molecule has 0 unspecified atom stereocenters. The molecular formula is C29H26. The van der Waals surface area contributed by atoms with Crippen LogP contribution in [0.5, 0.6) is 0 Å². The van der Waals surface area contributed by atoms with Gasteiger partial charge < -0.3 is 0 Å². The van der Waals surface area contributed by atoms with Crippen LogP contribution in [-0.2, 0) is 6.42 Å². The van der Waals surface area contributed by atoms with Crippen molar-refractivity contribution in [2.24, 2.45) is 0 Å². The van der Waals surface area contributed by atoms with Gasteiger partial charge in [-0.2, -0.15) is 0 Å². The Balaban J connectivity index is 1.52. The Morgan fingerprint density at radius 1 is 0.448 bits per heavy atom. The second-order valence-corrected chi connectivity index (χ2v) is 8.54. The van der Waals surface area contributed by atoms with Gasteiger partial charge in [-0.1, -0.05) is 78.4 Å². The third-order valence-corrected chi connectivity index (χ3v) is 6.41. The standard InChI is InChI=1S/C29H26/c1-18-5-10-27(21(4)13-18)24-9-12-29-26(16-24)17-25-15-23(8-11-28(25)29)22-7-6-19(2)20(3)14-22/h5-16H,17H2,1-4H3. The monoisotopic (exact) mass is 374 g/mol. The number of rotatable bonds is 2. The van der Waals surface area contributed by atoms with Crippen molar-refractivity contribution in [3.05, 3.63) is 106 Å². The summed E-state index contributed by atoms with van der Waals surface area (Å²) >= 11 is 0. The molecule has 0 bridgehead atoms. The first-order valence-electron chi connectivity index (χ1n) is 10.4. The van der Waals surface area contributed by atoms with Gasteiger partial charge in [0.2, 0.25) is 0 Å². The zero-order valence-electron chi connectivity index (χ0n) is 17.6. The van der Waals surface area contributed by atoms with Gasteiger partial charge in [0.15, 0.2) is 0 Å². The largest absolute Gasteiger partial charge is 0.0587 e. The molecule has 0 aromatic heterocycles. The molecule has 0 spiro atoms. The first-order chi connectivity index (χ1) is 14.0. The predicted molar refractivity (Wildman–Crippen MR) is 125 cm³/mol. The second-order valence-electron chi connectivity index (χ2n) is 8.54. The van der Waals surface area contributed by atoms with Crippen molar-refractivity contribution in [3.8, 4) is 33.4 Å². The van der Waals surface area contributed by atoms with E-state index in [4.69, 9.17) is 0 Å². The second kappa shape index (κ2) is 6.74. The molecule has 4 aromatic rings. The van der Waals surface area contributed by atoms with Crippen LogP contribution in [-0.4, -0.2) is 0 Å². The summed E-state index contributed by atoms with van der Waals surface area (Å²) in [5.41, 5.74) is 16.3. The fraction of sp³-hybridized carbons (Fsp3) is 0.172. The molecule has 0 heteroatoms. The molecule has 0 nitrogen and oxygen atoms in total. The van der Waals surface area contributed by atoms with Gasteiger partial charge in [-0.15, -0.1) is 0 Å². The van der Waals surface area contributed by atoms with Crippen molar-refractivity contribution in [2.75, 3.05) is 0 Å². The topological polar surface area (TPSA) is 0 Å². The fourth-order valence-corrected chi connectivity index (χ4v) is 4.62. The van der Waals surface area contributed by atoms with Crippen LogP contribution in [0.4, 0.5) is 0 Å². The van der Waals surface area contributed by atoms with Gasteiger partial charge in [0.1, 0.15) is 0 Å². The van der Waals surface area contributed by atoms with E-state index < -0.39 is 0 Å².